The predicted octanol–water partition coefficient (Wildman–Crippen LogP) is 2.48. The van der Waals surface area contributed by atoms with Gasteiger partial charge in [-0.1, -0.05) is 11.6 Å². The maximum absolute atomic E-state index is 14.3. The van der Waals surface area contributed by atoms with Gasteiger partial charge in [-0.15, -0.1) is 0 Å². The van der Waals surface area contributed by atoms with Gasteiger partial charge in [-0.05, 0) is 24.3 Å². The van der Waals surface area contributed by atoms with E-state index in [1.54, 1.807) is 0 Å². The van der Waals surface area contributed by atoms with Crippen molar-refractivity contribution in [3.05, 3.63) is 68.2 Å². The lowest BCUT2D eigenvalue weighted by Gasteiger charge is -2.17. The Bertz CT molecular complexity index is 1180. The molecule has 1 unspecified atom stereocenters. The van der Waals surface area contributed by atoms with E-state index in [9.17, 15) is 23.5 Å². The van der Waals surface area contributed by atoms with E-state index in [1.807, 2.05) is 0 Å². The van der Waals surface area contributed by atoms with E-state index in [4.69, 9.17) is 28.2 Å². The summed E-state index contributed by atoms with van der Waals surface area (Å²) in [4.78, 5) is 24.0. The number of fused-ring (bicyclic) bond motifs is 1. The Morgan fingerprint density at radius 3 is 2.54 bits per heavy atom. The molecule has 1 aromatic heterocycles. The number of carbonyl (C=O) groups is 1. The third-order valence-electron chi connectivity index (χ3n) is 4.32. The number of aliphatic hydroxyl groups is 1. The van der Waals surface area contributed by atoms with Crippen LogP contribution in [0.15, 0.2) is 35.3 Å². The number of hydrogen-bond donors (Lipinski definition) is 4. The summed E-state index contributed by atoms with van der Waals surface area (Å²) in [6, 6.07) is 4.67. The minimum absolute atomic E-state index is 0.0199. The number of aromatic carboxylic acids is 1. The second kappa shape index (κ2) is 7.19. The Morgan fingerprint density at radius 2 is 2.00 bits per heavy atom. The summed E-state index contributed by atoms with van der Waals surface area (Å²) in [5.41, 5.74) is 9.59. The normalized spacial score (nSPS) is 12.3. The standard InChI is InChI=1S/C18H14ClF2N3O4/c19-14-10(5-22)12(20)4-9-15(14)24(6-11(16(9)25)18(27)28)7-1-2-8(17(21)26)13(23)3-7/h1-4,6,17,26H,5,22-23H2,(H,27,28). The highest BCUT2D eigenvalue weighted by Crippen LogP contribution is 2.32. The third kappa shape index (κ3) is 3.09. The van der Waals surface area contributed by atoms with Crippen molar-refractivity contribution in [1.82, 2.24) is 4.57 Å². The lowest BCUT2D eigenvalue weighted by molar-refractivity contribution is 0.0418. The maximum Gasteiger partial charge on any atom is 0.341 e. The number of alkyl halides is 1. The number of aromatic nitrogens is 1. The third-order valence-corrected chi connectivity index (χ3v) is 4.72. The van der Waals surface area contributed by atoms with Crippen LogP contribution in [-0.4, -0.2) is 20.7 Å². The van der Waals surface area contributed by atoms with Gasteiger partial charge >= 0.3 is 5.97 Å². The van der Waals surface area contributed by atoms with E-state index >= 15 is 0 Å². The minimum Gasteiger partial charge on any atom is -0.477 e. The molecular weight excluding hydrogens is 396 g/mol. The SMILES string of the molecule is NCc1c(F)cc2c(=O)c(C(=O)O)cn(-c3ccc(C(O)F)c(N)c3)c2c1Cl. The zero-order valence-electron chi connectivity index (χ0n) is 14.1. The van der Waals surface area contributed by atoms with Gasteiger partial charge in [0, 0.05) is 35.2 Å². The number of aliphatic hydroxyl groups excluding tert-OH is 1. The molecule has 7 nitrogen and oxygen atoms in total. The second-order valence-corrected chi connectivity index (χ2v) is 6.33. The Hall–Kier alpha value is -3.01. The molecule has 0 fully saturated rings. The zero-order valence-corrected chi connectivity index (χ0v) is 14.9. The van der Waals surface area contributed by atoms with Crippen LogP contribution in [0.5, 0.6) is 0 Å². The number of carboxylic acid groups (broad SMARTS) is 1. The average Bonchev–Trinajstić information content (AvgIpc) is 2.62. The number of nitrogens with zero attached hydrogens (tertiary/aromatic N) is 1. The number of pyridine rings is 1. The summed E-state index contributed by atoms with van der Waals surface area (Å²) in [7, 11) is 0. The molecule has 0 aliphatic rings. The highest BCUT2D eigenvalue weighted by Gasteiger charge is 2.21. The van der Waals surface area contributed by atoms with Gasteiger partial charge in [0.25, 0.3) is 0 Å². The lowest BCUT2D eigenvalue weighted by atomic mass is 10.1. The fraction of sp³-hybridized carbons (Fsp3) is 0.111. The number of halogens is 3. The molecule has 6 N–H and O–H groups in total. The summed E-state index contributed by atoms with van der Waals surface area (Å²) in [6.45, 7) is -0.259. The van der Waals surface area contributed by atoms with Gasteiger partial charge in [0.05, 0.1) is 15.9 Å². The first-order valence-corrected chi connectivity index (χ1v) is 8.26. The molecule has 2 aromatic carbocycles. The number of benzene rings is 2. The molecule has 3 rings (SSSR count). The fourth-order valence-corrected chi connectivity index (χ4v) is 3.29. The average molecular weight is 410 g/mol. The lowest BCUT2D eigenvalue weighted by Crippen LogP contribution is -2.19. The van der Waals surface area contributed by atoms with Crippen LogP contribution in [0.25, 0.3) is 16.6 Å². The molecule has 10 heteroatoms. The molecule has 1 atom stereocenters. The highest BCUT2D eigenvalue weighted by molar-refractivity contribution is 6.36. The monoisotopic (exact) mass is 409 g/mol. The molecule has 1 heterocycles. The van der Waals surface area contributed by atoms with E-state index in [1.165, 1.54) is 22.8 Å². The van der Waals surface area contributed by atoms with Gasteiger partial charge < -0.3 is 26.2 Å². The molecule has 0 aliphatic heterocycles. The summed E-state index contributed by atoms with van der Waals surface area (Å²) < 4.78 is 28.7. The molecule has 0 saturated heterocycles. The Kier molecular flexibility index (Phi) is 5.07. The van der Waals surface area contributed by atoms with Crippen molar-refractivity contribution in [2.75, 3.05) is 5.73 Å². The van der Waals surface area contributed by atoms with Crippen LogP contribution in [0.2, 0.25) is 5.02 Å². The quantitative estimate of drug-likeness (QED) is 0.489. The molecule has 3 aromatic rings. The molecular formula is C18H14ClF2N3O4. The number of carboxylic acids is 1. The van der Waals surface area contributed by atoms with Crippen LogP contribution in [-0.2, 0) is 6.54 Å². The fourth-order valence-electron chi connectivity index (χ4n) is 2.93. The molecule has 28 heavy (non-hydrogen) atoms. The van der Waals surface area contributed by atoms with Crippen molar-refractivity contribution in [2.24, 2.45) is 5.73 Å². The molecule has 0 bridgehead atoms. The molecule has 146 valence electrons. The van der Waals surface area contributed by atoms with Crippen molar-refractivity contribution in [1.29, 1.82) is 0 Å². The Balaban J connectivity index is 2.48. The molecule has 0 saturated carbocycles. The maximum atomic E-state index is 14.3. The van der Waals surface area contributed by atoms with E-state index in [-0.39, 0.29) is 45.0 Å². The van der Waals surface area contributed by atoms with Crippen molar-refractivity contribution in [3.8, 4) is 5.69 Å². The summed E-state index contributed by atoms with van der Waals surface area (Å²) in [5, 5.41) is 18.0. The molecule has 0 spiro atoms. The first-order valence-electron chi connectivity index (χ1n) is 7.88. The highest BCUT2D eigenvalue weighted by atomic mass is 35.5. The van der Waals surface area contributed by atoms with Crippen molar-refractivity contribution >= 4 is 34.2 Å². The summed E-state index contributed by atoms with van der Waals surface area (Å²) in [6.07, 6.45) is -1.30. The van der Waals surface area contributed by atoms with Crippen molar-refractivity contribution in [2.45, 2.75) is 12.9 Å². The van der Waals surface area contributed by atoms with Crippen LogP contribution in [0.4, 0.5) is 14.5 Å². The number of rotatable bonds is 4. The first kappa shape index (κ1) is 19.7. The smallest absolute Gasteiger partial charge is 0.341 e. The van der Waals surface area contributed by atoms with E-state index in [0.29, 0.717) is 0 Å². The Labute approximate surface area is 161 Å². The van der Waals surface area contributed by atoms with Gasteiger partial charge in [0.2, 0.25) is 11.8 Å². The van der Waals surface area contributed by atoms with Crippen molar-refractivity contribution in [3.63, 3.8) is 0 Å². The van der Waals surface area contributed by atoms with Crippen molar-refractivity contribution < 1.29 is 23.8 Å². The van der Waals surface area contributed by atoms with Crippen LogP contribution in [0, 0.1) is 5.82 Å². The topological polar surface area (TPSA) is 132 Å². The number of nitrogen functional groups attached to an aromatic ring is 1. The van der Waals surface area contributed by atoms with Crippen LogP contribution >= 0.6 is 11.6 Å². The molecule has 0 amide bonds. The summed E-state index contributed by atoms with van der Waals surface area (Å²) >= 11 is 6.27. The molecule has 0 aliphatic carbocycles. The Morgan fingerprint density at radius 1 is 1.32 bits per heavy atom. The number of anilines is 1. The zero-order chi connectivity index (χ0) is 20.7. The first-order chi connectivity index (χ1) is 13.2. The van der Waals surface area contributed by atoms with E-state index in [0.717, 1.165) is 12.3 Å². The number of nitrogens with two attached hydrogens (primary N) is 2. The second-order valence-electron chi connectivity index (χ2n) is 5.95. The summed E-state index contributed by atoms with van der Waals surface area (Å²) in [5.74, 6) is -2.37. The van der Waals surface area contributed by atoms with Gasteiger partial charge in [-0.2, -0.15) is 0 Å². The molecule has 0 radical (unpaired) electrons. The van der Waals surface area contributed by atoms with Gasteiger partial charge in [-0.3, -0.25) is 4.79 Å². The largest absolute Gasteiger partial charge is 0.477 e. The number of hydrogen-bond acceptors (Lipinski definition) is 5. The van der Waals surface area contributed by atoms with Gasteiger partial charge in [0.1, 0.15) is 11.4 Å². The van der Waals surface area contributed by atoms with Crippen LogP contribution < -0.4 is 16.9 Å². The van der Waals surface area contributed by atoms with Gasteiger partial charge in [-0.25, -0.2) is 13.6 Å². The van der Waals surface area contributed by atoms with Gasteiger partial charge in [0.15, 0.2) is 0 Å². The van der Waals surface area contributed by atoms with Crippen LogP contribution in [0.3, 0.4) is 0 Å². The van der Waals surface area contributed by atoms with Crippen LogP contribution in [0.1, 0.15) is 27.8 Å². The van der Waals surface area contributed by atoms with E-state index in [2.05, 4.69) is 0 Å². The predicted molar refractivity (Wildman–Crippen MR) is 99.8 cm³/mol. The van der Waals surface area contributed by atoms with E-state index < -0.39 is 29.1 Å². The minimum atomic E-state index is -2.31.